The fraction of sp³-hybridized carbons (Fsp3) is 0.333. The number of methoxy groups -OCH3 is 1. The molecule has 1 saturated heterocycles. The van der Waals surface area contributed by atoms with Crippen LogP contribution in [0.15, 0.2) is 42.7 Å². The molecule has 4 aromatic rings. The lowest BCUT2D eigenvalue weighted by molar-refractivity contribution is 0.302. The van der Waals surface area contributed by atoms with Crippen LogP contribution in [-0.2, 0) is 13.1 Å². The summed E-state index contributed by atoms with van der Waals surface area (Å²) in [6.45, 7) is 4.99. The molecule has 11 heteroatoms. The average Bonchev–Trinajstić information content (AvgIpc) is 2.90. The lowest BCUT2D eigenvalue weighted by Gasteiger charge is -2.33. The van der Waals surface area contributed by atoms with Crippen molar-refractivity contribution in [3.63, 3.8) is 0 Å². The van der Waals surface area contributed by atoms with Crippen molar-refractivity contribution in [2.75, 3.05) is 38.7 Å². The Morgan fingerprint density at radius 2 is 1.87 bits per heavy atom. The van der Waals surface area contributed by atoms with Gasteiger partial charge in [0.15, 0.2) is 5.82 Å². The number of hydrogen-bond acceptors (Lipinski definition) is 8. The highest BCUT2D eigenvalue weighted by Gasteiger charge is 2.27. The number of nitrogens with zero attached hydrogens (tertiary/aromatic N) is 6. The quantitative estimate of drug-likeness (QED) is 0.369. The molecule has 1 unspecified atom stereocenters. The Morgan fingerprint density at radius 3 is 2.61 bits per heavy atom. The van der Waals surface area contributed by atoms with Crippen molar-refractivity contribution in [1.29, 1.82) is 0 Å². The highest BCUT2D eigenvalue weighted by Crippen LogP contribution is 2.42. The van der Waals surface area contributed by atoms with Gasteiger partial charge in [0.2, 0.25) is 0 Å². The van der Waals surface area contributed by atoms with E-state index < -0.39 is 11.6 Å². The van der Waals surface area contributed by atoms with Crippen LogP contribution in [0.4, 0.5) is 14.6 Å². The van der Waals surface area contributed by atoms with E-state index >= 15 is 4.39 Å². The van der Waals surface area contributed by atoms with Crippen molar-refractivity contribution in [3.05, 3.63) is 71.0 Å². The molecule has 1 N–H and O–H groups in total. The van der Waals surface area contributed by atoms with E-state index in [2.05, 4.69) is 32.1 Å². The molecule has 2 aromatic carbocycles. The van der Waals surface area contributed by atoms with Crippen LogP contribution >= 0.6 is 11.6 Å². The van der Waals surface area contributed by atoms with Crippen molar-refractivity contribution < 1.29 is 13.5 Å². The standard InChI is InChI=1S/C27H28ClF2N7O/c1-16-13-37(11-10-31-16)27-17-12-18(28)23(24-19(29)6-4-7-20(24)38-3)25(30)26(17)34-22(35-27)15-36(2)14-21-32-8-5-9-33-21/h4-9,12,16,31H,10-11,13-15H2,1-3H3. The first-order valence-electron chi connectivity index (χ1n) is 12.3. The summed E-state index contributed by atoms with van der Waals surface area (Å²) < 4.78 is 36.7. The Labute approximate surface area is 224 Å². The maximum Gasteiger partial charge on any atom is 0.159 e. The number of rotatable bonds is 7. The summed E-state index contributed by atoms with van der Waals surface area (Å²) in [5.41, 5.74) is -0.0649. The zero-order valence-corrected chi connectivity index (χ0v) is 22.1. The first kappa shape index (κ1) is 26.1. The first-order chi connectivity index (χ1) is 18.4. The molecule has 0 saturated carbocycles. The number of halogens is 3. The monoisotopic (exact) mass is 539 g/mol. The molecular formula is C27H28ClF2N7O. The summed E-state index contributed by atoms with van der Waals surface area (Å²) in [4.78, 5) is 22.1. The summed E-state index contributed by atoms with van der Waals surface area (Å²) >= 11 is 6.63. The van der Waals surface area contributed by atoms with Gasteiger partial charge in [-0.15, -0.1) is 0 Å². The van der Waals surface area contributed by atoms with Gasteiger partial charge in [0.25, 0.3) is 0 Å². The zero-order chi connectivity index (χ0) is 26.8. The van der Waals surface area contributed by atoms with E-state index in [1.54, 1.807) is 30.6 Å². The molecule has 0 aliphatic carbocycles. The van der Waals surface area contributed by atoms with Gasteiger partial charge in [0.1, 0.15) is 34.6 Å². The molecule has 8 nitrogen and oxygen atoms in total. The van der Waals surface area contributed by atoms with Crippen molar-refractivity contribution in [2.24, 2.45) is 0 Å². The number of fused-ring (bicyclic) bond motifs is 1. The van der Waals surface area contributed by atoms with Crippen LogP contribution in [-0.4, -0.2) is 64.7 Å². The van der Waals surface area contributed by atoms with Crippen molar-refractivity contribution >= 4 is 28.3 Å². The predicted molar refractivity (Wildman–Crippen MR) is 143 cm³/mol. The van der Waals surface area contributed by atoms with E-state index in [4.69, 9.17) is 21.3 Å². The van der Waals surface area contributed by atoms with Gasteiger partial charge in [-0.25, -0.2) is 28.7 Å². The van der Waals surface area contributed by atoms with Crippen LogP contribution in [0.5, 0.6) is 5.75 Å². The number of nitrogens with one attached hydrogen (secondary N) is 1. The Bertz CT molecular complexity index is 1460. The van der Waals surface area contributed by atoms with E-state index in [1.807, 2.05) is 11.9 Å². The molecule has 1 fully saturated rings. The molecule has 1 aliphatic heterocycles. The Balaban J connectivity index is 1.65. The molecular weight excluding hydrogens is 512 g/mol. The van der Waals surface area contributed by atoms with Crippen LogP contribution in [0.2, 0.25) is 5.02 Å². The van der Waals surface area contributed by atoms with Gasteiger partial charge in [-0.05, 0) is 38.2 Å². The highest BCUT2D eigenvalue weighted by molar-refractivity contribution is 6.34. The van der Waals surface area contributed by atoms with E-state index in [9.17, 15) is 4.39 Å². The number of hydrogen-bond donors (Lipinski definition) is 1. The van der Waals surface area contributed by atoms with Gasteiger partial charge in [-0.3, -0.25) is 4.90 Å². The van der Waals surface area contributed by atoms with Crippen LogP contribution in [0.25, 0.3) is 22.0 Å². The maximum absolute atomic E-state index is 16.3. The first-order valence-corrected chi connectivity index (χ1v) is 12.7. The zero-order valence-electron chi connectivity index (χ0n) is 21.4. The third-order valence-electron chi connectivity index (χ3n) is 6.46. The van der Waals surface area contributed by atoms with Gasteiger partial charge in [-0.2, -0.15) is 0 Å². The molecule has 3 heterocycles. The lowest BCUT2D eigenvalue weighted by Crippen LogP contribution is -2.49. The van der Waals surface area contributed by atoms with Gasteiger partial charge >= 0.3 is 0 Å². The smallest absolute Gasteiger partial charge is 0.159 e. The summed E-state index contributed by atoms with van der Waals surface area (Å²) in [5.74, 6) is 0.480. The molecule has 5 rings (SSSR count). The van der Waals surface area contributed by atoms with Crippen LogP contribution < -0.4 is 15.0 Å². The number of anilines is 1. The molecule has 38 heavy (non-hydrogen) atoms. The molecule has 0 spiro atoms. The predicted octanol–water partition coefficient (Wildman–Crippen LogP) is 4.46. The summed E-state index contributed by atoms with van der Waals surface area (Å²) in [6.07, 6.45) is 3.37. The minimum atomic E-state index is -0.724. The Morgan fingerprint density at radius 1 is 1.11 bits per heavy atom. The molecule has 2 aromatic heterocycles. The number of benzene rings is 2. The molecule has 1 aliphatic rings. The normalized spacial score (nSPS) is 15.9. The fourth-order valence-electron chi connectivity index (χ4n) is 4.76. The van der Waals surface area contributed by atoms with Gasteiger partial charge in [0.05, 0.1) is 30.8 Å². The van der Waals surface area contributed by atoms with Gasteiger partial charge in [-0.1, -0.05) is 17.7 Å². The molecule has 0 amide bonds. The molecule has 1 atom stereocenters. The third-order valence-corrected chi connectivity index (χ3v) is 6.76. The second-order valence-electron chi connectivity index (χ2n) is 9.36. The average molecular weight is 540 g/mol. The third kappa shape index (κ3) is 5.24. The van der Waals surface area contributed by atoms with Crippen LogP contribution in [0, 0.1) is 11.6 Å². The minimum absolute atomic E-state index is 0.0461. The van der Waals surface area contributed by atoms with Crippen molar-refractivity contribution in [1.82, 2.24) is 30.2 Å². The number of aromatic nitrogens is 4. The molecule has 0 radical (unpaired) electrons. The second kappa shape index (κ2) is 11.1. The fourth-order valence-corrected chi connectivity index (χ4v) is 5.04. The minimum Gasteiger partial charge on any atom is -0.496 e. The van der Waals surface area contributed by atoms with Gasteiger partial charge in [0, 0.05) is 49.0 Å². The molecule has 198 valence electrons. The van der Waals surface area contributed by atoms with Gasteiger partial charge < -0.3 is 15.0 Å². The Kier molecular flexibility index (Phi) is 7.64. The lowest BCUT2D eigenvalue weighted by atomic mass is 10.0. The Hall–Kier alpha value is -3.47. The maximum atomic E-state index is 16.3. The van der Waals surface area contributed by atoms with E-state index in [0.717, 1.165) is 6.54 Å². The topological polar surface area (TPSA) is 79.3 Å². The largest absolute Gasteiger partial charge is 0.496 e. The second-order valence-corrected chi connectivity index (χ2v) is 9.77. The number of piperazine rings is 1. The molecule has 0 bridgehead atoms. The highest BCUT2D eigenvalue weighted by atomic mass is 35.5. The van der Waals surface area contributed by atoms with Crippen molar-refractivity contribution in [3.8, 4) is 16.9 Å². The van der Waals surface area contributed by atoms with E-state index in [-0.39, 0.29) is 33.5 Å². The van der Waals surface area contributed by atoms with Crippen molar-refractivity contribution in [2.45, 2.75) is 26.1 Å². The summed E-state index contributed by atoms with van der Waals surface area (Å²) in [7, 11) is 3.30. The van der Waals surface area contributed by atoms with Crippen LogP contribution in [0.3, 0.4) is 0 Å². The SMILES string of the molecule is COc1cccc(F)c1-c1c(Cl)cc2c(N3CCNC(C)C3)nc(CN(C)Cc3ncccn3)nc2c1F. The summed E-state index contributed by atoms with van der Waals surface area (Å²) in [5, 5.41) is 3.94. The van der Waals surface area contributed by atoms with E-state index in [1.165, 1.54) is 19.2 Å². The van der Waals surface area contributed by atoms with E-state index in [0.29, 0.717) is 49.0 Å². The number of ether oxygens (including phenoxy) is 1. The summed E-state index contributed by atoms with van der Waals surface area (Å²) in [6, 6.07) is 7.91. The van der Waals surface area contributed by atoms with Crippen LogP contribution in [0.1, 0.15) is 18.6 Å².